The van der Waals surface area contributed by atoms with Crippen molar-refractivity contribution in [3.05, 3.63) is 94.6 Å². The minimum atomic E-state index is -1.29. The number of amides is 2. The number of hydrogen-bond acceptors (Lipinski definition) is 4. The molecule has 33 heavy (non-hydrogen) atoms. The first-order valence-corrected chi connectivity index (χ1v) is 10.1. The fourth-order valence-electron chi connectivity index (χ4n) is 3.82. The fourth-order valence-corrected chi connectivity index (χ4v) is 3.82. The van der Waals surface area contributed by atoms with Gasteiger partial charge in [0.2, 0.25) is 11.8 Å². The Kier molecular flexibility index (Phi) is 5.71. The third-order valence-corrected chi connectivity index (χ3v) is 5.45. The number of nitriles is 1. The van der Waals surface area contributed by atoms with E-state index >= 15 is 0 Å². The van der Waals surface area contributed by atoms with Crippen LogP contribution >= 0.6 is 0 Å². The number of carbonyl (C=O) groups excluding carboxylic acids is 3. The summed E-state index contributed by atoms with van der Waals surface area (Å²) in [5.41, 5.74) is 1.57. The Hall–Kier alpha value is -4.38. The van der Waals surface area contributed by atoms with Gasteiger partial charge in [0, 0.05) is 29.4 Å². The Morgan fingerprint density at radius 3 is 2.36 bits per heavy atom. The maximum Gasteiger partial charge on any atom is 0.244 e. The number of hydrogen-bond donors (Lipinski definition) is 1. The van der Waals surface area contributed by atoms with E-state index in [1.54, 1.807) is 19.1 Å². The van der Waals surface area contributed by atoms with Crippen LogP contribution in [0.15, 0.2) is 60.7 Å². The highest BCUT2D eigenvalue weighted by Gasteiger charge is 2.41. The van der Waals surface area contributed by atoms with Crippen LogP contribution in [0.1, 0.15) is 39.9 Å². The van der Waals surface area contributed by atoms with Gasteiger partial charge in [0.05, 0.1) is 17.3 Å². The van der Waals surface area contributed by atoms with E-state index in [9.17, 15) is 23.2 Å². The molecule has 0 fully saturated rings. The van der Waals surface area contributed by atoms with Crippen molar-refractivity contribution >= 4 is 29.0 Å². The molecule has 1 N–H and O–H groups in total. The van der Waals surface area contributed by atoms with E-state index in [0.717, 1.165) is 12.1 Å². The third kappa shape index (κ3) is 3.96. The summed E-state index contributed by atoms with van der Waals surface area (Å²) >= 11 is 0. The lowest BCUT2D eigenvalue weighted by molar-refractivity contribution is -0.126. The van der Waals surface area contributed by atoms with Gasteiger partial charge in [-0.1, -0.05) is 0 Å². The molecular weight excluding hydrogens is 428 g/mol. The molecule has 3 aromatic rings. The summed E-state index contributed by atoms with van der Waals surface area (Å²) in [6, 6.07) is 15.4. The van der Waals surface area contributed by atoms with Gasteiger partial charge in [-0.25, -0.2) is 8.78 Å². The summed E-state index contributed by atoms with van der Waals surface area (Å²) in [7, 11) is 0. The number of carbonyl (C=O) groups is 3. The lowest BCUT2D eigenvalue weighted by Crippen LogP contribution is -2.33. The molecule has 0 saturated carbocycles. The van der Waals surface area contributed by atoms with Gasteiger partial charge in [0.1, 0.15) is 17.6 Å². The zero-order chi connectivity index (χ0) is 23.7. The molecule has 1 aliphatic heterocycles. The second kappa shape index (κ2) is 8.63. The molecule has 0 radical (unpaired) electrons. The highest BCUT2D eigenvalue weighted by molar-refractivity contribution is 6.21. The normalized spacial score (nSPS) is 14.5. The van der Waals surface area contributed by atoms with E-state index in [2.05, 4.69) is 5.32 Å². The Balaban J connectivity index is 1.69. The van der Waals surface area contributed by atoms with Crippen LogP contribution < -0.4 is 10.2 Å². The Morgan fingerprint density at radius 2 is 1.73 bits per heavy atom. The number of likely N-dealkylation sites (N-methyl/N-ethyl adjacent to an activating group) is 1. The maximum atomic E-state index is 14.0. The van der Waals surface area contributed by atoms with Gasteiger partial charge in [-0.3, -0.25) is 14.4 Å². The topological polar surface area (TPSA) is 90.3 Å². The van der Waals surface area contributed by atoms with Gasteiger partial charge >= 0.3 is 0 Å². The van der Waals surface area contributed by atoms with E-state index in [1.165, 1.54) is 35.2 Å². The van der Waals surface area contributed by atoms with Crippen LogP contribution in [0.25, 0.3) is 0 Å². The van der Waals surface area contributed by atoms with Crippen molar-refractivity contribution in [2.24, 2.45) is 0 Å². The number of rotatable bonds is 5. The molecule has 0 aliphatic carbocycles. The van der Waals surface area contributed by atoms with Crippen molar-refractivity contribution in [2.45, 2.75) is 12.8 Å². The van der Waals surface area contributed by atoms with Crippen molar-refractivity contribution in [3.63, 3.8) is 0 Å². The average Bonchev–Trinajstić information content (AvgIpc) is 3.10. The van der Waals surface area contributed by atoms with Crippen LogP contribution in [0, 0.1) is 23.0 Å². The largest absolute Gasteiger partial charge is 0.323 e. The van der Waals surface area contributed by atoms with Crippen molar-refractivity contribution in [1.82, 2.24) is 0 Å². The smallest absolute Gasteiger partial charge is 0.244 e. The second-order valence-electron chi connectivity index (χ2n) is 7.42. The molecule has 6 nitrogen and oxygen atoms in total. The van der Waals surface area contributed by atoms with Crippen LogP contribution in [-0.2, 0) is 9.59 Å². The summed E-state index contributed by atoms with van der Waals surface area (Å²) < 4.78 is 27.2. The van der Waals surface area contributed by atoms with Crippen LogP contribution in [-0.4, -0.2) is 24.1 Å². The average molecular weight is 445 g/mol. The minimum absolute atomic E-state index is 0.254. The fraction of sp³-hybridized carbons (Fsp3) is 0.120. The number of ketones is 1. The summed E-state index contributed by atoms with van der Waals surface area (Å²) in [4.78, 5) is 40.3. The highest BCUT2D eigenvalue weighted by atomic mass is 19.1. The molecule has 0 aromatic heterocycles. The molecule has 1 aliphatic rings. The highest BCUT2D eigenvalue weighted by Crippen LogP contribution is 2.39. The number of nitrogens with zero attached hydrogens (tertiary/aromatic N) is 2. The van der Waals surface area contributed by atoms with Crippen molar-refractivity contribution in [3.8, 4) is 6.07 Å². The lowest BCUT2D eigenvalue weighted by Gasteiger charge is -2.15. The van der Waals surface area contributed by atoms with Crippen molar-refractivity contribution in [2.75, 3.05) is 16.8 Å². The molecule has 0 bridgehead atoms. The molecule has 0 spiro atoms. The van der Waals surface area contributed by atoms with Crippen molar-refractivity contribution in [1.29, 1.82) is 5.26 Å². The number of halogens is 2. The zero-order valence-corrected chi connectivity index (χ0v) is 17.4. The van der Waals surface area contributed by atoms with Gasteiger partial charge in [0.15, 0.2) is 5.78 Å². The number of anilines is 2. The Labute approximate surface area is 188 Å². The summed E-state index contributed by atoms with van der Waals surface area (Å²) in [5, 5.41) is 11.3. The molecule has 3 aromatic carbocycles. The van der Waals surface area contributed by atoms with Crippen LogP contribution in [0.5, 0.6) is 0 Å². The molecule has 0 saturated heterocycles. The summed E-state index contributed by atoms with van der Waals surface area (Å²) in [6.45, 7) is 2.04. The van der Waals surface area contributed by atoms with Crippen LogP contribution in [0.4, 0.5) is 20.2 Å². The molecule has 8 heteroatoms. The third-order valence-electron chi connectivity index (χ3n) is 5.45. The molecular formula is C25H17F2N3O3. The van der Waals surface area contributed by atoms with E-state index in [4.69, 9.17) is 5.26 Å². The first-order valence-electron chi connectivity index (χ1n) is 10.1. The van der Waals surface area contributed by atoms with Crippen LogP contribution in [0.2, 0.25) is 0 Å². The number of benzene rings is 3. The van der Waals surface area contributed by atoms with Gasteiger partial charge in [0.25, 0.3) is 0 Å². The van der Waals surface area contributed by atoms with Gasteiger partial charge in [-0.2, -0.15) is 5.26 Å². The first kappa shape index (κ1) is 21.8. The molecule has 4 rings (SSSR count). The Morgan fingerprint density at radius 1 is 1.03 bits per heavy atom. The van der Waals surface area contributed by atoms with Crippen molar-refractivity contribution < 1.29 is 23.2 Å². The SMILES string of the molecule is CCN1C(=O)C(C(=O)Nc2ccc(F)cc2F)c2cc(C(=O)c3ccc(C#N)cc3)ccc21. The van der Waals surface area contributed by atoms with E-state index in [1.807, 2.05) is 6.07 Å². The first-order chi connectivity index (χ1) is 15.8. The predicted octanol–water partition coefficient (Wildman–Crippen LogP) is 4.16. The molecule has 164 valence electrons. The second-order valence-corrected chi connectivity index (χ2v) is 7.42. The number of nitrogens with one attached hydrogen (secondary N) is 1. The van der Waals surface area contributed by atoms with Gasteiger partial charge in [-0.15, -0.1) is 0 Å². The van der Waals surface area contributed by atoms with Crippen LogP contribution in [0.3, 0.4) is 0 Å². The minimum Gasteiger partial charge on any atom is -0.323 e. The quantitative estimate of drug-likeness (QED) is 0.472. The molecule has 1 unspecified atom stereocenters. The van der Waals surface area contributed by atoms with E-state index < -0.39 is 29.4 Å². The summed E-state index contributed by atoms with van der Waals surface area (Å²) in [5.74, 6) is -4.69. The number of fused-ring (bicyclic) bond motifs is 1. The monoisotopic (exact) mass is 445 g/mol. The maximum absolute atomic E-state index is 14.0. The zero-order valence-electron chi connectivity index (χ0n) is 17.4. The predicted molar refractivity (Wildman–Crippen MR) is 117 cm³/mol. The van der Waals surface area contributed by atoms with Gasteiger partial charge < -0.3 is 10.2 Å². The lowest BCUT2D eigenvalue weighted by atomic mass is 9.94. The molecule has 1 heterocycles. The molecule has 2 amide bonds. The Bertz CT molecular complexity index is 1330. The molecule has 1 atom stereocenters. The van der Waals surface area contributed by atoms with E-state index in [0.29, 0.717) is 35.0 Å². The summed E-state index contributed by atoms with van der Waals surface area (Å²) in [6.07, 6.45) is 0. The van der Waals surface area contributed by atoms with Gasteiger partial charge in [-0.05, 0) is 67.1 Å². The van der Waals surface area contributed by atoms with E-state index in [-0.39, 0.29) is 17.0 Å². The standard InChI is InChI=1S/C25H17F2N3O3/c1-2-30-21-10-7-16(23(31)15-5-3-14(13-28)4-6-15)11-18(21)22(25(30)33)24(32)29-20-9-8-17(26)12-19(20)27/h3-12,22H,2H2,1H3,(H,29,32).